The van der Waals surface area contributed by atoms with Crippen LogP contribution in [0.3, 0.4) is 0 Å². The van der Waals surface area contributed by atoms with E-state index in [0.29, 0.717) is 10.7 Å². The quantitative estimate of drug-likeness (QED) is 0.820. The number of halogens is 1. The number of carbonyl (C=O) groups excluding carboxylic acids is 1. The molecule has 1 aliphatic rings. The second-order valence-electron chi connectivity index (χ2n) is 5.63. The summed E-state index contributed by atoms with van der Waals surface area (Å²) in [7, 11) is 0. The fraction of sp³-hybridized carbons (Fsp3) is 0.533. The number of aliphatic carboxylic acids is 1. The molecule has 0 aliphatic heterocycles. The van der Waals surface area contributed by atoms with Gasteiger partial charge in [0.2, 0.25) is 0 Å². The highest BCUT2D eigenvalue weighted by Gasteiger charge is 2.33. The standard InChI is InChI=1S/C15H19ClN2O3/c1-9(2)12-7-10(8-13(16)17-12)15(21)18(11-3-4-11)6-5-14(19)20/h7-9,11H,3-6H2,1-2H3,(H,19,20). The highest BCUT2D eigenvalue weighted by atomic mass is 35.5. The molecule has 1 heterocycles. The predicted octanol–water partition coefficient (Wildman–Crippen LogP) is 2.94. The molecule has 6 heteroatoms. The van der Waals surface area contributed by atoms with Crippen molar-refractivity contribution in [3.8, 4) is 0 Å². The molecule has 114 valence electrons. The first kappa shape index (κ1) is 15.8. The lowest BCUT2D eigenvalue weighted by molar-refractivity contribution is -0.137. The first-order valence-electron chi connectivity index (χ1n) is 7.08. The lowest BCUT2D eigenvalue weighted by atomic mass is 10.1. The van der Waals surface area contributed by atoms with Crippen molar-refractivity contribution < 1.29 is 14.7 Å². The number of carbonyl (C=O) groups is 2. The number of carboxylic acid groups (broad SMARTS) is 1. The molecule has 0 spiro atoms. The van der Waals surface area contributed by atoms with Gasteiger partial charge in [-0.15, -0.1) is 0 Å². The van der Waals surface area contributed by atoms with Gasteiger partial charge in [0.1, 0.15) is 5.15 Å². The van der Waals surface area contributed by atoms with Crippen molar-refractivity contribution in [3.05, 3.63) is 28.5 Å². The van der Waals surface area contributed by atoms with Gasteiger partial charge >= 0.3 is 5.97 Å². The van der Waals surface area contributed by atoms with Crippen LogP contribution in [0.4, 0.5) is 0 Å². The fourth-order valence-electron chi connectivity index (χ4n) is 2.15. The van der Waals surface area contributed by atoms with Gasteiger partial charge in [-0.1, -0.05) is 25.4 Å². The molecule has 1 N–H and O–H groups in total. The van der Waals surface area contributed by atoms with E-state index in [2.05, 4.69) is 4.98 Å². The minimum Gasteiger partial charge on any atom is -0.481 e. The van der Waals surface area contributed by atoms with Gasteiger partial charge in [0.15, 0.2) is 0 Å². The van der Waals surface area contributed by atoms with Gasteiger partial charge in [-0.2, -0.15) is 0 Å². The molecule has 2 rings (SSSR count). The summed E-state index contributed by atoms with van der Waals surface area (Å²) in [4.78, 5) is 29.2. The Kier molecular flexibility index (Phi) is 4.83. The van der Waals surface area contributed by atoms with E-state index < -0.39 is 5.97 Å². The summed E-state index contributed by atoms with van der Waals surface area (Å²) in [6, 6.07) is 3.45. The van der Waals surface area contributed by atoms with Crippen LogP contribution in [-0.4, -0.2) is 39.5 Å². The minimum absolute atomic E-state index is 0.0436. The molecule has 1 amide bonds. The van der Waals surface area contributed by atoms with Crippen molar-refractivity contribution in [1.82, 2.24) is 9.88 Å². The van der Waals surface area contributed by atoms with Crippen LogP contribution in [-0.2, 0) is 4.79 Å². The van der Waals surface area contributed by atoms with Crippen LogP contribution in [0.15, 0.2) is 12.1 Å². The molecule has 0 aromatic carbocycles. The van der Waals surface area contributed by atoms with Gasteiger partial charge in [-0.25, -0.2) is 4.98 Å². The van der Waals surface area contributed by atoms with E-state index in [9.17, 15) is 9.59 Å². The monoisotopic (exact) mass is 310 g/mol. The Balaban J connectivity index is 2.21. The average molecular weight is 311 g/mol. The molecule has 1 aromatic heterocycles. The summed E-state index contributed by atoms with van der Waals surface area (Å²) < 4.78 is 0. The zero-order chi connectivity index (χ0) is 15.6. The fourth-order valence-corrected chi connectivity index (χ4v) is 2.37. The largest absolute Gasteiger partial charge is 0.481 e. The van der Waals surface area contributed by atoms with Gasteiger partial charge in [-0.3, -0.25) is 9.59 Å². The SMILES string of the molecule is CC(C)c1cc(C(=O)N(CCC(=O)O)C2CC2)cc(Cl)n1. The van der Waals surface area contributed by atoms with Crippen molar-refractivity contribution >= 4 is 23.5 Å². The third kappa shape index (κ3) is 4.17. The van der Waals surface area contributed by atoms with Crippen LogP contribution in [0.25, 0.3) is 0 Å². The molecule has 1 fully saturated rings. The molecule has 0 saturated heterocycles. The zero-order valence-corrected chi connectivity index (χ0v) is 12.9. The van der Waals surface area contributed by atoms with E-state index >= 15 is 0 Å². The highest BCUT2D eigenvalue weighted by Crippen LogP contribution is 2.29. The molecular weight excluding hydrogens is 292 g/mol. The smallest absolute Gasteiger partial charge is 0.305 e. The maximum absolute atomic E-state index is 12.6. The van der Waals surface area contributed by atoms with Crippen molar-refractivity contribution in [2.75, 3.05) is 6.54 Å². The van der Waals surface area contributed by atoms with E-state index in [1.165, 1.54) is 0 Å². The van der Waals surface area contributed by atoms with Gasteiger partial charge in [0, 0.05) is 23.8 Å². The lowest BCUT2D eigenvalue weighted by Crippen LogP contribution is -2.35. The van der Waals surface area contributed by atoms with Crippen LogP contribution in [0.5, 0.6) is 0 Å². The van der Waals surface area contributed by atoms with E-state index in [1.54, 1.807) is 17.0 Å². The Bertz CT molecular complexity index is 556. The van der Waals surface area contributed by atoms with Gasteiger partial charge < -0.3 is 10.0 Å². The number of hydrogen-bond acceptors (Lipinski definition) is 3. The number of nitrogens with zero attached hydrogens (tertiary/aromatic N) is 2. The van der Waals surface area contributed by atoms with Crippen molar-refractivity contribution in [2.24, 2.45) is 0 Å². The zero-order valence-electron chi connectivity index (χ0n) is 12.2. The topological polar surface area (TPSA) is 70.5 Å². The first-order chi connectivity index (χ1) is 9.88. The van der Waals surface area contributed by atoms with E-state index in [4.69, 9.17) is 16.7 Å². The maximum Gasteiger partial charge on any atom is 0.305 e. The maximum atomic E-state index is 12.6. The number of aromatic nitrogens is 1. The van der Waals surface area contributed by atoms with E-state index in [1.807, 2.05) is 13.8 Å². The number of rotatable bonds is 6. The normalized spacial score (nSPS) is 14.3. The Morgan fingerprint density at radius 1 is 1.43 bits per heavy atom. The summed E-state index contributed by atoms with van der Waals surface area (Å²) in [5.41, 5.74) is 1.25. The average Bonchev–Trinajstić information content (AvgIpc) is 3.22. The Morgan fingerprint density at radius 2 is 2.10 bits per heavy atom. The number of amides is 1. The summed E-state index contributed by atoms with van der Waals surface area (Å²) in [5, 5.41) is 9.10. The second-order valence-corrected chi connectivity index (χ2v) is 6.02. The first-order valence-corrected chi connectivity index (χ1v) is 7.46. The number of pyridine rings is 1. The Labute approximate surface area is 128 Å². The third-order valence-electron chi connectivity index (χ3n) is 3.47. The predicted molar refractivity (Wildman–Crippen MR) is 79.6 cm³/mol. The minimum atomic E-state index is -0.899. The van der Waals surface area contributed by atoms with Crippen LogP contribution in [0.1, 0.15) is 55.1 Å². The summed E-state index contributed by atoms with van der Waals surface area (Å²) in [5.74, 6) is -0.891. The lowest BCUT2D eigenvalue weighted by Gasteiger charge is -2.22. The van der Waals surface area contributed by atoms with Crippen molar-refractivity contribution in [2.45, 2.75) is 45.1 Å². The van der Waals surface area contributed by atoms with Crippen LogP contribution >= 0.6 is 11.6 Å². The molecule has 5 nitrogen and oxygen atoms in total. The Hall–Kier alpha value is -1.62. The molecule has 0 bridgehead atoms. The third-order valence-corrected chi connectivity index (χ3v) is 3.66. The number of hydrogen-bond donors (Lipinski definition) is 1. The molecule has 1 saturated carbocycles. The second kappa shape index (κ2) is 6.43. The molecule has 1 aliphatic carbocycles. The summed E-state index contributed by atoms with van der Waals surface area (Å²) >= 11 is 5.99. The Morgan fingerprint density at radius 3 is 2.62 bits per heavy atom. The van der Waals surface area contributed by atoms with Gasteiger partial charge in [0.25, 0.3) is 5.91 Å². The summed E-state index contributed by atoms with van der Waals surface area (Å²) in [6.07, 6.45) is 1.82. The molecular formula is C15H19ClN2O3. The molecule has 0 radical (unpaired) electrons. The highest BCUT2D eigenvalue weighted by molar-refractivity contribution is 6.29. The molecule has 1 aromatic rings. The molecule has 21 heavy (non-hydrogen) atoms. The van der Waals surface area contributed by atoms with Crippen molar-refractivity contribution in [1.29, 1.82) is 0 Å². The van der Waals surface area contributed by atoms with Crippen LogP contribution < -0.4 is 0 Å². The summed E-state index contributed by atoms with van der Waals surface area (Å²) in [6.45, 7) is 4.20. The van der Waals surface area contributed by atoms with Gasteiger partial charge in [-0.05, 0) is 30.9 Å². The van der Waals surface area contributed by atoms with Crippen LogP contribution in [0.2, 0.25) is 5.15 Å². The molecule has 0 atom stereocenters. The molecule has 0 unspecified atom stereocenters. The van der Waals surface area contributed by atoms with Crippen molar-refractivity contribution in [3.63, 3.8) is 0 Å². The van der Waals surface area contributed by atoms with Gasteiger partial charge in [0.05, 0.1) is 6.42 Å². The number of carboxylic acids is 1. The van der Waals surface area contributed by atoms with Crippen LogP contribution in [0, 0.1) is 0 Å². The van der Waals surface area contributed by atoms with E-state index in [-0.39, 0.29) is 30.8 Å². The van der Waals surface area contributed by atoms with E-state index in [0.717, 1.165) is 18.5 Å².